The number of hydrogen-bond acceptors (Lipinski definition) is 4. The van der Waals surface area contributed by atoms with Crippen molar-refractivity contribution in [2.45, 2.75) is 20.3 Å². The minimum Gasteiger partial charge on any atom is -0.494 e. The van der Waals surface area contributed by atoms with Crippen molar-refractivity contribution in [3.05, 3.63) is 54.1 Å². The van der Waals surface area contributed by atoms with Gasteiger partial charge in [-0.25, -0.2) is 0 Å². The summed E-state index contributed by atoms with van der Waals surface area (Å²) in [7, 11) is 3.41. The van der Waals surface area contributed by atoms with Gasteiger partial charge in [0.2, 0.25) is 5.91 Å². The summed E-state index contributed by atoms with van der Waals surface area (Å²) in [5.74, 6) is 1.15. The van der Waals surface area contributed by atoms with E-state index in [-0.39, 0.29) is 18.4 Å². The van der Waals surface area contributed by atoms with Crippen LogP contribution in [0.5, 0.6) is 5.75 Å². The highest BCUT2D eigenvalue weighted by Crippen LogP contribution is 2.17. The average molecular weight is 383 g/mol. The second kappa shape index (κ2) is 10.3. The maximum absolute atomic E-state index is 12.2. The number of amides is 2. The van der Waals surface area contributed by atoms with Gasteiger partial charge >= 0.3 is 0 Å². The minimum absolute atomic E-state index is 0.0798. The van der Waals surface area contributed by atoms with Crippen molar-refractivity contribution in [3.8, 4) is 5.75 Å². The van der Waals surface area contributed by atoms with E-state index in [0.29, 0.717) is 23.8 Å². The first kappa shape index (κ1) is 21.3. The number of hydrogen-bond donors (Lipinski definition) is 2. The van der Waals surface area contributed by atoms with E-state index in [1.54, 1.807) is 32.3 Å². The van der Waals surface area contributed by atoms with Crippen molar-refractivity contribution < 1.29 is 14.3 Å². The summed E-state index contributed by atoms with van der Waals surface area (Å²) >= 11 is 0. The van der Waals surface area contributed by atoms with Crippen LogP contribution in [0.15, 0.2) is 48.5 Å². The lowest BCUT2D eigenvalue weighted by molar-refractivity contribution is -0.114. The molecule has 2 amide bonds. The monoisotopic (exact) mass is 383 g/mol. The molecule has 0 atom stereocenters. The van der Waals surface area contributed by atoms with Crippen molar-refractivity contribution in [2.24, 2.45) is 5.92 Å². The van der Waals surface area contributed by atoms with Crippen molar-refractivity contribution in [3.63, 3.8) is 0 Å². The molecule has 0 radical (unpaired) electrons. The van der Waals surface area contributed by atoms with Crippen molar-refractivity contribution in [2.75, 3.05) is 37.9 Å². The highest BCUT2D eigenvalue weighted by Gasteiger charge is 2.09. The summed E-state index contributed by atoms with van der Waals surface area (Å²) < 4.78 is 5.67. The molecule has 6 nitrogen and oxygen atoms in total. The molecule has 0 unspecified atom stereocenters. The number of nitrogens with one attached hydrogen (secondary N) is 2. The fourth-order valence-electron chi connectivity index (χ4n) is 2.45. The minimum atomic E-state index is -0.169. The molecular formula is C22H29N3O3. The van der Waals surface area contributed by atoms with Crippen LogP contribution in [0.25, 0.3) is 0 Å². The van der Waals surface area contributed by atoms with E-state index in [4.69, 9.17) is 4.74 Å². The van der Waals surface area contributed by atoms with Crippen molar-refractivity contribution in [1.29, 1.82) is 0 Å². The quantitative estimate of drug-likeness (QED) is 0.690. The predicted molar refractivity (Wildman–Crippen MR) is 113 cm³/mol. The lowest BCUT2D eigenvalue weighted by Gasteiger charge is -2.12. The Balaban J connectivity index is 1.82. The van der Waals surface area contributed by atoms with Gasteiger partial charge in [-0.15, -0.1) is 0 Å². The Morgan fingerprint density at radius 1 is 1.04 bits per heavy atom. The maximum Gasteiger partial charge on any atom is 0.253 e. The summed E-state index contributed by atoms with van der Waals surface area (Å²) in [5, 5.41) is 5.88. The summed E-state index contributed by atoms with van der Waals surface area (Å²) in [4.78, 5) is 25.7. The average Bonchev–Trinajstić information content (AvgIpc) is 2.67. The lowest BCUT2D eigenvalue weighted by atomic mass is 10.1. The highest BCUT2D eigenvalue weighted by atomic mass is 16.5. The van der Waals surface area contributed by atoms with Gasteiger partial charge in [0, 0.05) is 31.0 Å². The van der Waals surface area contributed by atoms with Crippen molar-refractivity contribution >= 4 is 23.2 Å². The van der Waals surface area contributed by atoms with Crippen LogP contribution in [0, 0.1) is 5.92 Å². The molecule has 0 saturated heterocycles. The maximum atomic E-state index is 12.2. The van der Waals surface area contributed by atoms with Crippen LogP contribution in [-0.2, 0) is 4.79 Å². The van der Waals surface area contributed by atoms with Gasteiger partial charge in [0.05, 0.1) is 13.2 Å². The van der Waals surface area contributed by atoms with Gasteiger partial charge in [-0.2, -0.15) is 0 Å². The summed E-state index contributed by atoms with van der Waals surface area (Å²) in [6, 6.07) is 14.4. The molecule has 0 aliphatic heterocycles. The lowest BCUT2D eigenvalue weighted by Crippen LogP contribution is -2.23. The molecule has 6 heteroatoms. The standard InChI is InChI=1S/C22H29N3O3/c1-16(2)12-13-28-20-10-8-18(9-11-20)24-21(26)15-23-19-7-5-6-17(14-19)22(27)25(3)4/h5-11,14,16,23H,12-13,15H2,1-4H3,(H,24,26). The second-order valence-corrected chi connectivity index (χ2v) is 7.24. The number of nitrogens with zero attached hydrogens (tertiary/aromatic N) is 1. The van der Waals surface area contributed by atoms with E-state index in [9.17, 15) is 9.59 Å². The summed E-state index contributed by atoms with van der Waals surface area (Å²) in [6.07, 6.45) is 1.01. The SMILES string of the molecule is CC(C)CCOc1ccc(NC(=O)CNc2cccc(C(=O)N(C)C)c2)cc1. The number of carbonyl (C=O) groups is 2. The molecule has 28 heavy (non-hydrogen) atoms. The molecule has 0 saturated carbocycles. The van der Waals surface area contributed by atoms with E-state index in [2.05, 4.69) is 24.5 Å². The molecule has 0 heterocycles. The summed E-state index contributed by atoms with van der Waals surface area (Å²) in [6.45, 7) is 5.10. The first-order valence-electron chi connectivity index (χ1n) is 9.43. The second-order valence-electron chi connectivity index (χ2n) is 7.24. The topological polar surface area (TPSA) is 70.7 Å². The van der Waals surface area contributed by atoms with Gasteiger partial charge in [0.25, 0.3) is 5.91 Å². The molecule has 0 aliphatic carbocycles. The fraction of sp³-hybridized carbons (Fsp3) is 0.364. The zero-order valence-corrected chi connectivity index (χ0v) is 17.0. The Morgan fingerprint density at radius 3 is 2.39 bits per heavy atom. The van der Waals surface area contributed by atoms with Gasteiger partial charge in [0.1, 0.15) is 5.75 Å². The molecular weight excluding hydrogens is 354 g/mol. The Morgan fingerprint density at radius 2 is 1.75 bits per heavy atom. The molecule has 150 valence electrons. The van der Waals surface area contributed by atoms with Crippen LogP contribution in [0.4, 0.5) is 11.4 Å². The third-order valence-electron chi connectivity index (χ3n) is 4.07. The smallest absolute Gasteiger partial charge is 0.253 e. The van der Waals surface area contributed by atoms with Crippen LogP contribution >= 0.6 is 0 Å². The Bertz CT molecular complexity index is 786. The molecule has 0 aromatic heterocycles. The highest BCUT2D eigenvalue weighted by molar-refractivity contribution is 5.96. The van der Waals surface area contributed by atoms with Crippen molar-refractivity contribution in [1.82, 2.24) is 4.90 Å². The van der Waals surface area contributed by atoms with Gasteiger partial charge in [-0.3, -0.25) is 9.59 Å². The van der Waals surface area contributed by atoms with Crippen LogP contribution in [0.2, 0.25) is 0 Å². The molecule has 2 aromatic rings. The van der Waals surface area contributed by atoms with Gasteiger partial charge < -0.3 is 20.3 Å². The Labute approximate surface area is 166 Å². The molecule has 2 rings (SSSR count). The van der Waals surface area contributed by atoms with E-state index < -0.39 is 0 Å². The van der Waals surface area contributed by atoms with Gasteiger partial charge in [-0.05, 0) is 54.8 Å². The number of benzene rings is 2. The normalized spacial score (nSPS) is 10.5. The zero-order valence-electron chi connectivity index (χ0n) is 17.0. The van der Waals surface area contributed by atoms with Crippen LogP contribution in [0.1, 0.15) is 30.6 Å². The Hall–Kier alpha value is -3.02. The molecule has 0 fully saturated rings. The van der Waals surface area contributed by atoms with Crippen LogP contribution in [-0.4, -0.2) is 44.0 Å². The largest absolute Gasteiger partial charge is 0.494 e. The van der Waals surface area contributed by atoms with Crippen LogP contribution < -0.4 is 15.4 Å². The number of ether oxygens (including phenoxy) is 1. The Kier molecular flexibility index (Phi) is 7.87. The molecule has 2 aromatic carbocycles. The molecule has 0 aliphatic rings. The third kappa shape index (κ3) is 6.95. The molecule has 0 spiro atoms. The van der Waals surface area contributed by atoms with E-state index >= 15 is 0 Å². The van der Waals surface area contributed by atoms with E-state index in [0.717, 1.165) is 17.9 Å². The first-order chi connectivity index (χ1) is 13.3. The predicted octanol–water partition coefficient (Wildman–Crippen LogP) is 3.86. The van der Waals surface area contributed by atoms with E-state index in [1.807, 2.05) is 30.3 Å². The number of anilines is 2. The molecule has 0 bridgehead atoms. The number of rotatable bonds is 9. The molecule has 2 N–H and O–H groups in total. The summed E-state index contributed by atoms with van der Waals surface area (Å²) in [5.41, 5.74) is 2.00. The first-order valence-corrected chi connectivity index (χ1v) is 9.43. The number of carbonyl (C=O) groups excluding carboxylic acids is 2. The zero-order chi connectivity index (χ0) is 20.5. The van der Waals surface area contributed by atoms with E-state index in [1.165, 1.54) is 4.90 Å². The van der Waals surface area contributed by atoms with Crippen LogP contribution in [0.3, 0.4) is 0 Å². The fourth-order valence-corrected chi connectivity index (χ4v) is 2.45. The third-order valence-corrected chi connectivity index (χ3v) is 4.07. The van der Waals surface area contributed by atoms with Gasteiger partial charge in [0.15, 0.2) is 0 Å². The van der Waals surface area contributed by atoms with Gasteiger partial charge in [-0.1, -0.05) is 19.9 Å².